The maximum absolute atomic E-state index is 13.3. The Labute approximate surface area is 198 Å². The van der Waals surface area contributed by atoms with Crippen LogP contribution in [-0.4, -0.2) is 40.3 Å². The lowest BCUT2D eigenvalue weighted by Gasteiger charge is -2.19. The van der Waals surface area contributed by atoms with Gasteiger partial charge in [0.05, 0.1) is 18.2 Å². The molecule has 3 heterocycles. The minimum atomic E-state index is -0.0560. The molecule has 4 aromatic rings. The second kappa shape index (κ2) is 9.89. The summed E-state index contributed by atoms with van der Waals surface area (Å²) in [4.78, 5) is 34.2. The van der Waals surface area contributed by atoms with Gasteiger partial charge >= 0.3 is 0 Å². The fourth-order valence-corrected chi connectivity index (χ4v) is 6.23. The van der Waals surface area contributed by atoms with Crippen molar-refractivity contribution in [3.8, 4) is 16.2 Å². The van der Waals surface area contributed by atoms with Crippen LogP contribution in [0.15, 0.2) is 57.1 Å². The Morgan fingerprint density at radius 2 is 2.03 bits per heavy atom. The summed E-state index contributed by atoms with van der Waals surface area (Å²) < 4.78 is 7.04. The van der Waals surface area contributed by atoms with E-state index in [1.165, 1.54) is 23.1 Å². The van der Waals surface area contributed by atoms with E-state index >= 15 is 0 Å². The number of hydrogen-bond donors (Lipinski definition) is 0. The van der Waals surface area contributed by atoms with Gasteiger partial charge in [0.15, 0.2) is 5.16 Å². The van der Waals surface area contributed by atoms with Crippen LogP contribution in [-0.2, 0) is 17.9 Å². The van der Waals surface area contributed by atoms with E-state index in [0.29, 0.717) is 28.5 Å². The summed E-state index contributed by atoms with van der Waals surface area (Å²) in [7, 11) is 3.39. The molecule has 0 spiro atoms. The quantitative estimate of drug-likeness (QED) is 0.261. The van der Waals surface area contributed by atoms with Crippen molar-refractivity contribution >= 4 is 50.6 Å². The number of hydrogen-bond acceptors (Lipinski definition) is 7. The molecule has 0 aliphatic rings. The summed E-state index contributed by atoms with van der Waals surface area (Å²) in [5, 5.41) is 5.22. The van der Waals surface area contributed by atoms with Gasteiger partial charge in [-0.2, -0.15) is 0 Å². The highest BCUT2D eigenvalue weighted by Crippen LogP contribution is 2.34. The highest BCUT2D eigenvalue weighted by Gasteiger charge is 2.19. The van der Waals surface area contributed by atoms with Crippen LogP contribution in [0, 0.1) is 0 Å². The maximum Gasteiger partial charge on any atom is 0.263 e. The van der Waals surface area contributed by atoms with Crippen molar-refractivity contribution in [1.29, 1.82) is 0 Å². The minimum absolute atomic E-state index is 0.0386. The Balaban J connectivity index is 1.54. The van der Waals surface area contributed by atoms with Crippen LogP contribution in [0.2, 0.25) is 0 Å². The monoisotopic (exact) mass is 485 g/mol. The molecule has 0 aliphatic heterocycles. The predicted octanol–water partition coefficient (Wildman–Crippen LogP) is 4.97. The third-order valence-electron chi connectivity index (χ3n) is 5.11. The van der Waals surface area contributed by atoms with E-state index in [-0.39, 0.29) is 17.2 Å². The molecule has 1 amide bonds. The van der Waals surface area contributed by atoms with E-state index in [1.54, 1.807) is 35.0 Å². The summed E-state index contributed by atoms with van der Waals surface area (Å²) in [6, 6.07) is 11.7. The molecule has 0 aliphatic carbocycles. The second-order valence-electron chi connectivity index (χ2n) is 7.10. The van der Waals surface area contributed by atoms with Gasteiger partial charge in [-0.25, -0.2) is 4.98 Å². The van der Waals surface area contributed by atoms with E-state index < -0.39 is 0 Å². The first-order valence-corrected chi connectivity index (χ1v) is 12.8. The van der Waals surface area contributed by atoms with Crippen LogP contribution < -0.4 is 10.3 Å². The fraction of sp³-hybridized carbons (Fsp3) is 0.261. The number of carbonyl (C=O) groups is 1. The van der Waals surface area contributed by atoms with E-state index in [0.717, 1.165) is 21.8 Å². The molecule has 9 heteroatoms. The number of carbonyl (C=O) groups excluding carboxylic acids is 1. The molecule has 0 saturated heterocycles. The zero-order valence-electron chi connectivity index (χ0n) is 18.0. The van der Waals surface area contributed by atoms with Gasteiger partial charge in [0.25, 0.3) is 5.56 Å². The molecule has 0 unspecified atom stereocenters. The SMILES string of the molecule is CCn1c(SCC(=O)N(C)Cc2ccccc2OC)nc2scc(-c3cccs3)c2c1=O. The summed E-state index contributed by atoms with van der Waals surface area (Å²) in [6.07, 6.45) is 0. The highest BCUT2D eigenvalue weighted by atomic mass is 32.2. The van der Waals surface area contributed by atoms with Crippen molar-refractivity contribution in [3.05, 3.63) is 63.1 Å². The first-order valence-electron chi connectivity index (χ1n) is 10.1. The number of rotatable bonds is 8. The molecule has 4 rings (SSSR count). The molecule has 1 aromatic carbocycles. The number of amides is 1. The standard InChI is InChI=1S/C23H23N3O3S3/c1-4-26-22(28)20-16(18-10-7-11-30-18)13-31-21(20)24-23(26)32-14-19(27)25(2)12-15-8-5-6-9-17(15)29-3/h5-11,13H,4,12,14H2,1-3H3. The first-order chi connectivity index (χ1) is 15.5. The molecular weight excluding hydrogens is 462 g/mol. The van der Waals surface area contributed by atoms with Crippen molar-refractivity contribution in [1.82, 2.24) is 14.5 Å². The largest absolute Gasteiger partial charge is 0.496 e. The van der Waals surface area contributed by atoms with Gasteiger partial charge in [0.2, 0.25) is 5.91 Å². The van der Waals surface area contributed by atoms with Crippen molar-refractivity contribution in [2.75, 3.05) is 19.9 Å². The third kappa shape index (κ3) is 4.46. The molecule has 0 radical (unpaired) electrons. The van der Waals surface area contributed by atoms with E-state index in [9.17, 15) is 9.59 Å². The van der Waals surface area contributed by atoms with Gasteiger partial charge in [-0.15, -0.1) is 22.7 Å². The number of nitrogens with zero attached hydrogens (tertiary/aromatic N) is 3. The number of benzene rings is 1. The normalized spacial score (nSPS) is 11.1. The van der Waals surface area contributed by atoms with Crippen LogP contribution in [0.1, 0.15) is 12.5 Å². The van der Waals surface area contributed by atoms with Crippen LogP contribution in [0.3, 0.4) is 0 Å². The van der Waals surface area contributed by atoms with Gasteiger partial charge in [0, 0.05) is 41.5 Å². The van der Waals surface area contributed by atoms with Gasteiger partial charge in [-0.1, -0.05) is 36.0 Å². The summed E-state index contributed by atoms with van der Waals surface area (Å²) in [5.41, 5.74) is 1.82. The van der Waals surface area contributed by atoms with Crippen molar-refractivity contribution in [2.24, 2.45) is 0 Å². The topological polar surface area (TPSA) is 64.4 Å². The third-order valence-corrected chi connectivity index (χ3v) is 7.85. The van der Waals surface area contributed by atoms with Crippen LogP contribution in [0.4, 0.5) is 0 Å². The molecule has 6 nitrogen and oxygen atoms in total. The molecule has 0 fully saturated rings. The number of ether oxygens (including phenoxy) is 1. The zero-order chi connectivity index (χ0) is 22.7. The highest BCUT2D eigenvalue weighted by molar-refractivity contribution is 7.99. The molecule has 32 heavy (non-hydrogen) atoms. The first kappa shape index (κ1) is 22.6. The predicted molar refractivity (Wildman–Crippen MR) is 133 cm³/mol. The molecule has 0 N–H and O–H groups in total. The lowest BCUT2D eigenvalue weighted by molar-refractivity contribution is -0.127. The fourth-order valence-electron chi connectivity index (χ4n) is 3.42. The van der Waals surface area contributed by atoms with Crippen molar-refractivity contribution < 1.29 is 9.53 Å². The molecule has 0 bridgehead atoms. The van der Waals surface area contributed by atoms with Crippen molar-refractivity contribution in [3.63, 3.8) is 0 Å². The number of thiophene rings is 2. The summed E-state index contributed by atoms with van der Waals surface area (Å²) in [6.45, 7) is 2.87. The second-order valence-corrected chi connectivity index (χ2v) is 9.85. The maximum atomic E-state index is 13.3. The van der Waals surface area contributed by atoms with E-state index in [1.807, 2.05) is 54.1 Å². The summed E-state index contributed by atoms with van der Waals surface area (Å²) in [5.74, 6) is 0.918. The summed E-state index contributed by atoms with van der Waals surface area (Å²) >= 11 is 4.38. The Bertz CT molecular complexity index is 1300. The molecule has 0 saturated carbocycles. The van der Waals surface area contributed by atoms with Crippen LogP contribution in [0.25, 0.3) is 20.7 Å². The number of methoxy groups -OCH3 is 1. The van der Waals surface area contributed by atoms with Gasteiger partial charge in [-0.3, -0.25) is 14.2 Å². The van der Waals surface area contributed by atoms with Gasteiger partial charge in [-0.05, 0) is 24.4 Å². The number of thioether (sulfide) groups is 1. The molecular formula is C23H23N3O3S3. The zero-order valence-corrected chi connectivity index (χ0v) is 20.5. The Hall–Kier alpha value is -2.62. The van der Waals surface area contributed by atoms with E-state index in [2.05, 4.69) is 0 Å². The average molecular weight is 486 g/mol. The van der Waals surface area contributed by atoms with Crippen LogP contribution in [0.5, 0.6) is 5.75 Å². The van der Waals surface area contributed by atoms with Gasteiger partial charge < -0.3 is 9.64 Å². The van der Waals surface area contributed by atoms with E-state index in [4.69, 9.17) is 9.72 Å². The molecule has 166 valence electrons. The molecule has 0 atom stereocenters. The average Bonchev–Trinajstić information content (AvgIpc) is 3.47. The lowest BCUT2D eigenvalue weighted by atomic mass is 10.2. The molecule has 3 aromatic heterocycles. The Kier molecular flexibility index (Phi) is 6.98. The number of fused-ring (bicyclic) bond motifs is 1. The minimum Gasteiger partial charge on any atom is -0.496 e. The Morgan fingerprint density at radius 3 is 2.75 bits per heavy atom. The Morgan fingerprint density at radius 1 is 1.22 bits per heavy atom. The van der Waals surface area contributed by atoms with Crippen LogP contribution >= 0.6 is 34.4 Å². The van der Waals surface area contributed by atoms with Crippen molar-refractivity contribution in [2.45, 2.75) is 25.2 Å². The smallest absolute Gasteiger partial charge is 0.263 e. The number of para-hydroxylation sites is 1. The lowest BCUT2D eigenvalue weighted by Crippen LogP contribution is -2.29. The number of aromatic nitrogens is 2. The van der Waals surface area contributed by atoms with Gasteiger partial charge in [0.1, 0.15) is 10.6 Å².